The minimum absolute atomic E-state index is 0.206. The summed E-state index contributed by atoms with van der Waals surface area (Å²) in [6, 6.07) is 13.4. The maximum Gasteiger partial charge on any atom is 0.317 e. The number of nitrogens with zero attached hydrogens (tertiary/aromatic N) is 1. The zero-order valence-electron chi connectivity index (χ0n) is 13.2. The number of carbonyl (C=O) groups is 1. The lowest BCUT2D eigenvalue weighted by Gasteiger charge is -2.20. The molecule has 0 aliphatic heterocycles. The van der Waals surface area contributed by atoms with Crippen LogP contribution in [0.5, 0.6) is 0 Å². The fraction of sp³-hybridized carbons (Fsp3) is 0.389. The Bertz CT molecular complexity index is 649. The molecule has 2 N–H and O–H groups in total. The summed E-state index contributed by atoms with van der Waals surface area (Å²) in [6.07, 6.45) is 1.70. The molecule has 2 amide bonds. The van der Waals surface area contributed by atoms with Gasteiger partial charge in [0.2, 0.25) is 0 Å². The third-order valence-corrected chi connectivity index (χ3v) is 4.11. The van der Waals surface area contributed by atoms with Crippen LogP contribution in [0.2, 0.25) is 0 Å². The molecule has 1 aliphatic rings. The van der Waals surface area contributed by atoms with Crippen LogP contribution in [0.25, 0.3) is 11.3 Å². The predicted octanol–water partition coefficient (Wildman–Crippen LogP) is 2.86. The van der Waals surface area contributed by atoms with Crippen LogP contribution in [-0.2, 0) is 6.54 Å². The predicted molar refractivity (Wildman–Crippen MR) is 87.7 cm³/mol. The van der Waals surface area contributed by atoms with E-state index < -0.39 is 6.10 Å². The van der Waals surface area contributed by atoms with Crippen molar-refractivity contribution in [2.24, 2.45) is 5.92 Å². The lowest BCUT2D eigenvalue weighted by atomic mass is 10.2. The maximum absolute atomic E-state index is 12.0. The summed E-state index contributed by atoms with van der Waals surface area (Å²) in [7, 11) is 1.69. The van der Waals surface area contributed by atoms with E-state index in [-0.39, 0.29) is 6.03 Å². The van der Waals surface area contributed by atoms with Crippen molar-refractivity contribution in [3.05, 3.63) is 48.2 Å². The second-order valence-electron chi connectivity index (χ2n) is 6.08. The quantitative estimate of drug-likeness (QED) is 0.861. The standard InChI is InChI=1S/C18H22N2O3/c1-20(12-16(21)13-7-8-13)18(22)19-11-15-9-10-17(23-15)14-5-3-2-4-6-14/h2-6,9-10,13,16,21H,7-8,11-12H2,1H3,(H,19,22)/t16-/m0/s1. The van der Waals surface area contributed by atoms with Gasteiger partial charge < -0.3 is 19.7 Å². The van der Waals surface area contributed by atoms with Crippen molar-refractivity contribution in [3.8, 4) is 11.3 Å². The highest BCUT2D eigenvalue weighted by Crippen LogP contribution is 2.32. The second-order valence-corrected chi connectivity index (χ2v) is 6.08. The maximum atomic E-state index is 12.0. The molecule has 0 spiro atoms. The molecule has 1 atom stereocenters. The average Bonchev–Trinajstić information content (AvgIpc) is 3.32. The zero-order chi connectivity index (χ0) is 16.2. The van der Waals surface area contributed by atoms with Crippen molar-refractivity contribution >= 4 is 6.03 Å². The average molecular weight is 314 g/mol. The van der Waals surface area contributed by atoms with E-state index in [1.165, 1.54) is 4.90 Å². The second kappa shape index (κ2) is 6.87. The molecule has 1 heterocycles. The van der Waals surface area contributed by atoms with E-state index in [2.05, 4.69) is 5.32 Å². The Morgan fingerprint density at radius 3 is 2.74 bits per heavy atom. The van der Waals surface area contributed by atoms with Crippen LogP contribution >= 0.6 is 0 Å². The topological polar surface area (TPSA) is 65.7 Å². The van der Waals surface area contributed by atoms with Crippen LogP contribution in [0.4, 0.5) is 4.79 Å². The molecule has 5 nitrogen and oxygen atoms in total. The number of hydrogen-bond acceptors (Lipinski definition) is 3. The molecule has 0 saturated heterocycles. The summed E-state index contributed by atoms with van der Waals surface area (Å²) < 4.78 is 5.75. The molecule has 1 fully saturated rings. The fourth-order valence-electron chi connectivity index (χ4n) is 2.52. The van der Waals surface area contributed by atoms with E-state index in [0.717, 1.165) is 24.2 Å². The highest BCUT2D eigenvalue weighted by molar-refractivity contribution is 5.73. The molecule has 2 aromatic rings. The number of aliphatic hydroxyl groups is 1. The highest BCUT2D eigenvalue weighted by Gasteiger charge is 2.31. The van der Waals surface area contributed by atoms with Crippen molar-refractivity contribution < 1.29 is 14.3 Å². The number of amides is 2. The van der Waals surface area contributed by atoms with Crippen LogP contribution in [0.3, 0.4) is 0 Å². The third kappa shape index (κ3) is 4.13. The van der Waals surface area contributed by atoms with E-state index in [9.17, 15) is 9.90 Å². The van der Waals surface area contributed by atoms with E-state index in [1.54, 1.807) is 7.05 Å². The monoisotopic (exact) mass is 314 g/mol. The van der Waals surface area contributed by atoms with Gasteiger partial charge in [-0.3, -0.25) is 0 Å². The number of aliphatic hydroxyl groups excluding tert-OH is 1. The Morgan fingerprint density at radius 1 is 1.30 bits per heavy atom. The van der Waals surface area contributed by atoms with Gasteiger partial charge in [0.1, 0.15) is 11.5 Å². The first-order valence-electron chi connectivity index (χ1n) is 7.94. The minimum atomic E-state index is -0.418. The number of rotatable bonds is 6. The van der Waals surface area contributed by atoms with E-state index in [1.807, 2.05) is 42.5 Å². The van der Waals surface area contributed by atoms with Gasteiger partial charge in [-0.05, 0) is 30.9 Å². The molecule has 0 unspecified atom stereocenters. The Labute approximate surface area is 135 Å². The zero-order valence-corrected chi connectivity index (χ0v) is 13.2. The van der Waals surface area contributed by atoms with Gasteiger partial charge in [0, 0.05) is 19.2 Å². The molecular weight excluding hydrogens is 292 g/mol. The van der Waals surface area contributed by atoms with Crippen molar-refractivity contribution in [1.29, 1.82) is 0 Å². The molecule has 1 saturated carbocycles. The molecule has 0 bridgehead atoms. The SMILES string of the molecule is CN(C[C@H](O)C1CC1)C(=O)NCc1ccc(-c2ccccc2)o1. The van der Waals surface area contributed by atoms with Gasteiger partial charge in [0.25, 0.3) is 0 Å². The lowest BCUT2D eigenvalue weighted by Crippen LogP contribution is -2.41. The van der Waals surface area contributed by atoms with Crippen molar-refractivity contribution in [1.82, 2.24) is 10.2 Å². The van der Waals surface area contributed by atoms with E-state index in [0.29, 0.717) is 24.8 Å². The minimum Gasteiger partial charge on any atom is -0.459 e. The molecule has 3 rings (SSSR count). The van der Waals surface area contributed by atoms with Crippen LogP contribution in [-0.4, -0.2) is 35.7 Å². The molecule has 1 aromatic carbocycles. The van der Waals surface area contributed by atoms with Crippen molar-refractivity contribution in [2.75, 3.05) is 13.6 Å². The number of likely N-dealkylation sites (N-methyl/N-ethyl adjacent to an activating group) is 1. The van der Waals surface area contributed by atoms with Gasteiger partial charge in [-0.15, -0.1) is 0 Å². The first kappa shape index (κ1) is 15.6. The van der Waals surface area contributed by atoms with Gasteiger partial charge in [0.05, 0.1) is 12.6 Å². The number of furan rings is 1. The Balaban J connectivity index is 1.50. The molecule has 122 valence electrons. The normalized spacial score (nSPS) is 15.2. The summed E-state index contributed by atoms with van der Waals surface area (Å²) in [5.41, 5.74) is 1.01. The van der Waals surface area contributed by atoms with Crippen molar-refractivity contribution in [3.63, 3.8) is 0 Å². The number of benzene rings is 1. The fourth-order valence-corrected chi connectivity index (χ4v) is 2.52. The van der Waals surface area contributed by atoms with Gasteiger partial charge in [-0.25, -0.2) is 4.79 Å². The first-order valence-corrected chi connectivity index (χ1v) is 7.94. The summed E-state index contributed by atoms with van der Waals surface area (Å²) in [5.74, 6) is 1.85. The smallest absolute Gasteiger partial charge is 0.317 e. The number of carbonyl (C=O) groups excluding carboxylic acids is 1. The van der Waals surface area contributed by atoms with E-state index >= 15 is 0 Å². The van der Waals surface area contributed by atoms with Gasteiger partial charge in [-0.2, -0.15) is 0 Å². The van der Waals surface area contributed by atoms with E-state index in [4.69, 9.17) is 4.42 Å². The molecule has 1 aromatic heterocycles. The summed E-state index contributed by atoms with van der Waals surface area (Å²) in [6.45, 7) is 0.694. The van der Waals surface area contributed by atoms with Crippen LogP contribution in [0.15, 0.2) is 46.9 Å². The van der Waals surface area contributed by atoms with Gasteiger partial charge >= 0.3 is 6.03 Å². The molecule has 1 aliphatic carbocycles. The Kier molecular flexibility index (Phi) is 4.67. The lowest BCUT2D eigenvalue weighted by molar-refractivity contribution is 0.113. The van der Waals surface area contributed by atoms with Crippen molar-refractivity contribution in [2.45, 2.75) is 25.5 Å². The Morgan fingerprint density at radius 2 is 2.04 bits per heavy atom. The molecule has 5 heteroatoms. The summed E-state index contributed by atoms with van der Waals surface area (Å²) in [4.78, 5) is 13.6. The Hall–Kier alpha value is -2.27. The number of urea groups is 1. The first-order chi connectivity index (χ1) is 11.1. The highest BCUT2D eigenvalue weighted by atomic mass is 16.3. The third-order valence-electron chi connectivity index (χ3n) is 4.11. The van der Waals surface area contributed by atoms with Crippen LogP contribution < -0.4 is 5.32 Å². The van der Waals surface area contributed by atoms with Gasteiger partial charge in [-0.1, -0.05) is 30.3 Å². The molecule has 23 heavy (non-hydrogen) atoms. The van der Waals surface area contributed by atoms with Crippen LogP contribution in [0, 0.1) is 5.92 Å². The molecule has 0 radical (unpaired) electrons. The number of nitrogens with one attached hydrogen (secondary N) is 1. The largest absolute Gasteiger partial charge is 0.459 e. The molecular formula is C18H22N2O3. The summed E-state index contributed by atoms with van der Waals surface area (Å²) >= 11 is 0. The number of hydrogen-bond donors (Lipinski definition) is 2. The van der Waals surface area contributed by atoms with Crippen LogP contribution in [0.1, 0.15) is 18.6 Å². The summed E-state index contributed by atoms with van der Waals surface area (Å²) in [5, 5.41) is 12.7. The van der Waals surface area contributed by atoms with Gasteiger partial charge in [0.15, 0.2) is 0 Å².